The molecule has 1 aliphatic rings. The lowest BCUT2D eigenvalue weighted by atomic mass is 9.96. The fourth-order valence-electron chi connectivity index (χ4n) is 3.69. The summed E-state index contributed by atoms with van der Waals surface area (Å²) in [5.41, 5.74) is 4.10. The first-order valence-corrected chi connectivity index (χ1v) is 9.04. The molecule has 1 saturated heterocycles. The Labute approximate surface area is 152 Å². The molecule has 0 radical (unpaired) electrons. The van der Waals surface area contributed by atoms with Crippen molar-refractivity contribution >= 4 is 16.9 Å². The van der Waals surface area contributed by atoms with E-state index < -0.39 is 0 Å². The van der Waals surface area contributed by atoms with Gasteiger partial charge in [0.2, 0.25) is 0 Å². The molecule has 2 aromatic heterocycles. The van der Waals surface area contributed by atoms with Gasteiger partial charge in [-0.25, -0.2) is 15.0 Å². The lowest BCUT2D eigenvalue weighted by molar-refractivity contribution is 0.0703. The number of carbonyl (C=O) groups excluding carboxylic acids is 1. The fraction of sp³-hybridized carbons (Fsp3) is 0.400. The van der Waals surface area contributed by atoms with E-state index in [1.54, 1.807) is 0 Å². The summed E-state index contributed by atoms with van der Waals surface area (Å²) in [4.78, 5) is 28.6. The summed E-state index contributed by atoms with van der Waals surface area (Å²) in [7, 11) is 2.01. The van der Waals surface area contributed by atoms with Gasteiger partial charge in [0.05, 0.1) is 22.4 Å². The van der Waals surface area contributed by atoms with Gasteiger partial charge in [-0.3, -0.25) is 4.79 Å². The van der Waals surface area contributed by atoms with Crippen molar-refractivity contribution in [3.63, 3.8) is 0 Å². The SMILES string of the molecule is Cc1nc2ccc(C(=O)N3CCC[C@@H](c4nccn4C)C3)cc2nc1C. The highest BCUT2D eigenvalue weighted by molar-refractivity contribution is 5.97. The third-order valence-corrected chi connectivity index (χ3v) is 5.25. The highest BCUT2D eigenvalue weighted by Crippen LogP contribution is 2.27. The molecule has 134 valence electrons. The maximum Gasteiger partial charge on any atom is 0.253 e. The standard InChI is InChI=1S/C20H23N5O/c1-13-14(2)23-18-11-15(6-7-17(18)22-13)20(26)25-9-4-5-16(12-25)19-21-8-10-24(19)3/h6-8,10-11,16H,4-5,9,12H2,1-3H3/t16-/m1/s1. The summed E-state index contributed by atoms with van der Waals surface area (Å²) in [5.74, 6) is 1.40. The van der Waals surface area contributed by atoms with Crippen LogP contribution in [-0.4, -0.2) is 43.4 Å². The van der Waals surface area contributed by atoms with Gasteiger partial charge in [-0.05, 0) is 44.9 Å². The zero-order valence-electron chi connectivity index (χ0n) is 15.4. The second kappa shape index (κ2) is 6.52. The average molecular weight is 349 g/mol. The molecule has 0 bridgehead atoms. The van der Waals surface area contributed by atoms with Gasteiger partial charge in [-0.1, -0.05) is 0 Å². The minimum Gasteiger partial charge on any atom is -0.338 e. The van der Waals surface area contributed by atoms with Crippen molar-refractivity contribution < 1.29 is 4.79 Å². The fourth-order valence-corrected chi connectivity index (χ4v) is 3.69. The summed E-state index contributed by atoms with van der Waals surface area (Å²) in [6.07, 6.45) is 5.84. The molecule has 0 N–H and O–H groups in total. The van der Waals surface area contributed by atoms with Crippen molar-refractivity contribution in [2.75, 3.05) is 13.1 Å². The molecule has 4 rings (SSSR count). The molecule has 0 spiro atoms. The van der Waals surface area contributed by atoms with Crippen LogP contribution in [0.25, 0.3) is 11.0 Å². The molecule has 26 heavy (non-hydrogen) atoms. The summed E-state index contributed by atoms with van der Waals surface area (Å²) in [6, 6.07) is 5.61. The summed E-state index contributed by atoms with van der Waals surface area (Å²) < 4.78 is 2.05. The van der Waals surface area contributed by atoms with Crippen LogP contribution in [0.15, 0.2) is 30.6 Å². The number of aryl methyl sites for hydroxylation is 3. The zero-order valence-corrected chi connectivity index (χ0v) is 15.4. The lowest BCUT2D eigenvalue weighted by Gasteiger charge is -2.32. The van der Waals surface area contributed by atoms with Crippen LogP contribution in [0.5, 0.6) is 0 Å². The number of hydrogen-bond acceptors (Lipinski definition) is 4. The molecule has 1 amide bonds. The number of amides is 1. The largest absolute Gasteiger partial charge is 0.338 e. The second-order valence-electron chi connectivity index (χ2n) is 7.08. The van der Waals surface area contributed by atoms with E-state index in [9.17, 15) is 4.79 Å². The van der Waals surface area contributed by atoms with Gasteiger partial charge >= 0.3 is 0 Å². The summed E-state index contributed by atoms with van der Waals surface area (Å²) >= 11 is 0. The van der Waals surface area contributed by atoms with Crippen LogP contribution in [0.2, 0.25) is 0 Å². The zero-order chi connectivity index (χ0) is 18.3. The maximum absolute atomic E-state index is 13.0. The Morgan fingerprint density at radius 2 is 1.92 bits per heavy atom. The van der Waals surface area contributed by atoms with E-state index in [1.807, 2.05) is 56.4 Å². The van der Waals surface area contributed by atoms with Crippen LogP contribution in [-0.2, 0) is 7.05 Å². The number of imidazole rings is 1. The van der Waals surface area contributed by atoms with Crippen LogP contribution < -0.4 is 0 Å². The number of piperidine rings is 1. The van der Waals surface area contributed by atoms with Gasteiger partial charge in [-0.15, -0.1) is 0 Å². The minimum absolute atomic E-state index is 0.0610. The van der Waals surface area contributed by atoms with Crippen LogP contribution >= 0.6 is 0 Å². The Morgan fingerprint density at radius 3 is 2.65 bits per heavy atom. The van der Waals surface area contributed by atoms with Gasteiger partial charge < -0.3 is 9.47 Å². The van der Waals surface area contributed by atoms with Crippen molar-refractivity contribution in [3.05, 3.63) is 53.4 Å². The van der Waals surface area contributed by atoms with Gasteiger partial charge in [0.25, 0.3) is 5.91 Å². The van der Waals surface area contributed by atoms with Gasteiger partial charge in [0, 0.05) is 44.0 Å². The van der Waals surface area contributed by atoms with E-state index >= 15 is 0 Å². The van der Waals surface area contributed by atoms with Gasteiger partial charge in [0.1, 0.15) is 5.82 Å². The van der Waals surface area contributed by atoms with Crippen molar-refractivity contribution in [1.82, 2.24) is 24.4 Å². The molecule has 1 atom stereocenters. The Bertz CT molecular complexity index is 977. The first-order chi connectivity index (χ1) is 12.5. The molecule has 6 nitrogen and oxygen atoms in total. The third kappa shape index (κ3) is 2.96. The first kappa shape index (κ1) is 16.7. The molecule has 0 saturated carbocycles. The highest BCUT2D eigenvalue weighted by atomic mass is 16.2. The third-order valence-electron chi connectivity index (χ3n) is 5.25. The van der Waals surface area contributed by atoms with Crippen molar-refractivity contribution in [1.29, 1.82) is 0 Å². The van der Waals surface area contributed by atoms with E-state index in [0.29, 0.717) is 12.1 Å². The Balaban J connectivity index is 1.59. The molecule has 3 aromatic rings. The number of aromatic nitrogens is 4. The monoisotopic (exact) mass is 349 g/mol. The number of hydrogen-bond donors (Lipinski definition) is 0. The molecule has 6 heteroatoms. The van der Waals surface area contributed by atoms with E-state index in [-0.39, 0.29) is 11.8 Å². The molecule has 3 heterocycles. The topological polar surface area (TPSA) is 63.9 Å². The van der Waals surface area contributed by atoms with Crippen molar-refractivity contribution in [3.8, 4) is 0 Å². The van der Waals surface area contributed by atoms with Crippen LogP contribution in [0.3, 0.4) is 0 Å². The number of rotatable bonds is 2. The Hall–Kier alpha value is -2.76. The molecular weight excluding hydrogens is 326 g/mol. The van der Waals surface area contributed by atoms with E-state index in [4.69, 9.17) is 0 Å². The number of fused-ring (bicyclic) bond motifs is 1. The van der Waals surface area contributed by atoms with Gasteiger partial charge in [0.15, 0.2) is 0 Å². The average Bonchev–Trinajstić information content (AvgIpc) is 3.08. The lowest BCUT2D eigenvalue weighted by Crippen LogP contribution is -2.39. The van der Waals surface area contributed by atoms with Gasteiger partial charge in [-0.2, -0.15) is 0 Å². The summed E-state index contributed by atoms with van der Waals surface area (Å²) in [5, 5.41) is 0. The number of nitrogens with zero attached hydrogens (tertiary/aromatic N) is 5. The normalized spacial score (nSPS) is 17.7. The second-order valence-corrected chi connectivity index (χ2v) is 7.08. The molecule has 1 aliphatic heterocycles. The smallest absolute Gasteiger partial charge is 0.253 e. The van der Waals surface area contributed by atoms with Crippen LogP contribution in [0.4, 0.5) is 0 Å². The molecule has 1 fully saturated rings. The first-order valence-electron chi connectivity index (χ1n) is 9.04. The maximum atomic E-state index is 13.0. The number of likely N-dealkylation sites (tertiary alicyclic amines) is 1. The predicted octanol–water partition coefficient (Wildman–Crippen LogP) is 3.00. The summed E-state index contributed by atoms with van der Waals surface area (Å²) in [6.45, 7) is 5.39. The van der Waals surface area contributed by atoms with E-state index in [2.05, 4.69) is 19.5 Å². The molecule has 0 unspecified atom stereocenters. The molecule has 0 aliphatic carbocycles. The Morgan fingerprint density at radius 1 is 1.15 bits per heavy atom. The minimum atomic E-state index is 0.0610. The van der Waals surface area contributed by atoms with Crippen LogP contribution in [0.1, 0.15) is 46.3 Å². The predicted molar refractivity (Wildman–Crippen MR) is 100 cm³/mol. The highest BCUT2D eigenvalue weighted by Gasteiger charge is 2.27. The van der Waals surface area contributed by atoms with Crippen LogP contribution in [0, 0.1) is 13.8 Å². The van der Waals surface area contributed by atoms with Crippen molar-refractivity contribution in [2.24, 2.45) is 7.05 Å². The Kier molecular flexibility index (Phi) is 4.18. The number of carbonyl (C=O) groups is 1. The van der Waals surface area contributed by atoms with E-state index in [0.717, 1.165) is 47.6 Å². The number of benzene rings is 1. The quantitative estimate of drug-likeness (QED) is 0.713. The molecule has 1 aromatic carbocycles. The van der Waals surface area contributed by atoms with E-state index in [1.165, 1.54) is 0 Å². The van der Waals surface area contributed by atoms with Crippen molar-refractivity contribution in [2.45, 2.75) is 32.6 Å². The molecular formula is C20H23N5O.